The van der Waals surface area contributed by atoms with Crippen LogP contribution in [0.3, 0.4) is 0 Å². The zero-order valence-electron chi connectivity index (χ0n) is 10.7. The summed E-state index contributed by atoms with van der Waals surface area (Å²) in [5, 5.41) is 22.4. The molecular formula is C11H15BN4O3. The van der Waals surface area contributed by atoms with Crippen LogP contribution in [0.4, 0.5) is 5.82 Å². The van der Waals surface area contributed by atoms with E-state index in [1.165, 1.54) is 12.3 Å². The van der Waals surface area contributed by atoms with Crippen LogP contribution in [0.25, 0.3) is 0 Å². The Labute approximate surface area is 110 Å². The minimum absolute atomic E-state index is 0.187. The van der Waals surface area contributed by atoms with Crippen molar-refractivity contribution >= 4 is 18.4 Å². The van der Waals surface area contributed by atoms with Crippen molar-refractivity contribution in [2.45, 2.75) is 13.0 Å². The molecule has 4 N–H and O–H groups in total. The maximum Gasteiger partial charge on any atom is 0.490 e. The summed E-state index contributed by atoms with van der Waals surface area (Å²) >= 11 is 0. The van der Waals surface area contributed by atoms with Gasteiger partial charge in [-0.3, -0.25) is 4.68 Å². The lowest BCUT2D eigenvalue weighted by molar-refractivity contribution is 0.221. The highest BCUT2D eigenvalue weighted by Gasteiger charge is 2.17. The number of hydrogen-bond donors (Lipinski definition) is 3. The minimum atomic E-state index is -1.61. The van der Waals surface area contributed by atoms with Crippen LogP contribution in [0.2, 0.25) is 0 Å². The quantitative estimate of drug-likeness (QED) is 0.624. The molecule has 0 aromatic carbocycles. The highest BCUT2D eigenvalue weighted by atomic mass is 16.5. The Balaban J connectivity index is 2.20. The summed E-state index contributed by atoms with van der Waals surface area (Å²) in [6, 6.07) is 3.28. The average Bonchev–Trinajstić information content (AvgIpc) is 2.78. The molecule has 0 aliphatic carbocycles. The van der Waals surface area contributed by atoms with Crippen LogP contribution in [-0.2, 0) is 7.05 Å². The van der Waals surface area contributed by atoms with Crippen molar-refractivity contribution in [3.05, 3.63) is 30.2 Å². The lowest BCUT2D eigenvalue weighted by Crippen LogP contribution is -2.30. The topological polar surface area (TPSA) is 106 Å². The fourth-order valence-corrected chi connectivity index (χ4v) is 1.61. The number of pyridine rings is 1. The first-order valence-electron chi connectivity index (χ1n) is 5.75. The van der Waals surface area contributed by atoms with Crippen molar-refractivity contribution in [3.8, 4) is 5.75 Å². The molecule has 1 atom stereocenters. The largest absolute Gasteiger partial charge is 0.490 e. The Morgan fingerprint density at radius 2 is 2.21 bits per heavy atom. The van der Waals surface area contributed by atoms with Crippen LogP contribution in [0, 0.1) is 0 Å². The Bertz CT molecular complexity index is 573. The predicted molar refractivity (Wildman–Crippen MR) is 70.7 cm³/mol. The molecule has 2 aromatic rings. The Morgan fingerprint density at radius 1 is 1.47 bits per heavy atom. The summed E-state index contributed by atoms with van der Waals surface area (Å²) in [5.41, 5.74) is 6.66. The standard InChI is InChI=1S/C11H15BN4O3/c1-7(9-3-4-16(2)15-9)19-10-5-8(12(17)18)6-14-11(10)13/h3-7,17-18H,1-2H3,(H2,13,14)/t7-/m0/s1. The molecular weight excluding hydrogens is 247 g/mol. The van der Waals surface area contributed by atoms with Gasteiger partial charge in [0.05, 0.1) is 0 Å². The summed E-state index contributed by atoms with van der Waals surface area (Å²) in [7, 11) is 0.204. The summed E-state index contributed by atoms with van der Waals surface area (Å²) in [4.78, 5) is 3.86. The van der Waals surface area contributed by atoms with Gasteiger partial charge in [-0.2, -0.15) is 5.10 Å². The van der Waals surface area contributed by atoms with Gasteiger partial charge in [0.1, 0.15) is 11.8 Å². The van der Waals surface area contributed by atoms with Gasteiger partial charge in [-0.1, -0.05) is 0 Å². The van der Waals surface area contributed by atoms with E-state index in [-0.39, 0.29) is 17.4 Å². The SMILES string of the molecule is C[C@H](Oc1cc(B(O)O)cnc1N)c1ccn(C)n1. The van der Waals surface area contributed by atoms with Gasteiger partial charge in [-0.05, 0) is 19.1 Å². The number of anilines is 1. The van der Waals surface area contributed by atoms with Crippen LogP contribution >= 0.6 is 0 Å². The highest BCUT2D eigenvalue weighted by molar-refractivity contribution is 6.58. The van der Waals surface area contributed by atoms with Crippen molar-refractivity contribution in [3.63, 3.8) is 0 Å². The third-order valence-electron chi connectivity index (χ3n) is 2.66. The monoisotopic (exact) mass is 262 g/mol. The van der Waals surface area contributed by atoms with E-state index in [9.17, 15) is 0 Å². The lowest BCUT2D eigenvalue weighted by atomic mass is 9.81. The number of nitrogens with zero attached hydrogens (tertiary/aromatic N) is 3. The predicted octanol–water partition coefficient (Wildman–Crippen LogP) is -0.783. The Hall–Kier alpha value is -2.06. The Morgan fingerprint density at radius 3 is 2.79 bits per heavy atom. The van der Waals surface area contributed by atoms with Gasteiger partial charge in [0.2, 0.25) is 0 Å². The van der Waals surface area contributed by atoms with Crippen LogP contribution in [0.1, 0.15) is 18.7 Å². The zero-order chi connectivity index (χ0) is 14.0. The van der Waals surface area contributed by atoms with E-state index < -0.39 is 7.12 Å². The molecule has 0 fully saturated rings. The number of ether oxygens (including phenoxy) is 1. The molecule has 19 heavy (non-hydrogen) atoms. The first-order chi connectivity index (χ1) is 8.97. The number of nitrogen functional groups attached to an aromatic ring is 1. The maximum atomic E-state index is 9.10. The fraction of sp³-hybridized carbons (Fsp3) is 0.273. The van der Waals surface area contributed by atoms with Gasteiger partial charge in [0.25, 0.3) is 0 Å². The van der Waals surface area contributed by atoms with Crippen molar-refractivity contribution in [1.29, 1.82) is 0 Å². The molecule has 0 aliphatic heterocycles. The maximum absolute atomic E-state index is 9.10. The van der Waals surface area contributed by atoms with Gasteiger partial charge in [0.15, 0.2) is 11.6 Å². The van der Waals surface area contributed by atoms with E-state index in [1.807, 2.05) is 26.2 Å². The Kier molecular flexibility index (Phi) is 3.73. The van der Waals surface area contributed by atoms with Crippen molar-refractivity contribution in [1.82, 2.24) is 14.8 Å². The second kappa shape index (κ2) is 5.29. The highest BCUT2D eigenvalue weighted by Crippen LogP contribution is 2.23. The molecule has 0 saturated heterocycles. The van der Waals surface area contributed by atoms with Gasteiger partial charge < -0.3 is 20.5 Å². The molecule has 0 bridgehead atoms. The minimum Gasteiger partial charge on any atom is -0.480 e. The van der Waals surface area contributed by atoms with Gasteiger partial charge in [-0.25, -0.2) is 4.98 Å². The number of aromatic nitrogens is 3. The number of nitrogens with two attached hydrogens (primary N) is 1. The second-order valence-corrected chi connectivity index (χ2v) is 4.20. The molecule has 2 heterocycles. The van der Waals surface area contributed by atoms with Gasteiger partial charge in [-0.15, -0.1) is 0 Å². The molecule has 2 aromatic heterocycles. The van der Waals surface area contributed by atoms with E-state index in [2.05, 4.69) is 10.1 Å². The molecule has 8 heteroatoms. The van der Waals surface area contributed by atoms with Gasteiger partial charge >= 0.3 is 7.12 Å². The van der Waals surface area contributed by atoms with Crippen LogP contribution in [0.5, 0.6) is 5.75 Å². The summed E-state index contributed by atoms with van der Waals surface area (Å²) in [6.45, 7) is 1.82. The molecule has 0 spiro atoms. The normalized spacial score (nSPS) is 12.2. The number of aryl methyl sites for hydroxylation is 1. The van der Waals surface area contributed by atoms with E-state index in [0.29, 0.717) is 5.75 Å². The lowest BCUT2D eigenvalue weighted by Gasteiger charge is -2.14. The first kappa shape index (κ1) is 13.4. The molecule has 2 rings (SSSR count). The average molecular weight is 262 g/mol. The smallest absolute Gasteiger partial charge is 0.480 e. The second-order valence-electron chi connectivity index (χ2n) is 4.20. The summed E-state index contributed by atoms with van der Waals surface area (Å²) in [5.74, 6) is 0.482. The van der Waals surface area contributed by atoms with Crippen molar-refractivity contribution < 1.29 is 14.8 Å². The van der Waals surface area contributed by atoms with E-state index in [1.54, 1.807) is 4.68 Å². The van der Waals surface area contributed by atoms with Crippen LogP contribution in [0.15, 0.2) is 24.5 Å². The third kappa shape index (κ3) is 3.04. The first-order valence-corrected chi connectivity index (χ1v) is 5.75. The fourth-order valence-electron chi connectivity index (χ4n) is 1.61. The van der Waals surface area contributed by atoms with Crippen LogP contribution in [-0.4, -0.2) is 31.9 Å². The van der Waals surface area contributed by atoms with E-state index >= 15 is 0 Å². The van der Waals surface area contributed by atoms with Crippen LogP contribution < -0.4 is 15.9 Å². The molecule has 0 saturated carbocycles. The van der Waals surface area contributed by atoms with E-state index in [0.717, 1.165) is 5.69 Å². The molecule has 0 radical (unpaired) electrons. The summed E-state index contributed by atoms with van der Waals surface area (Å²) in [6.07, 6.45) is 2.78. The summed E-state index contributed by atoms with van der Waals surface area (Å²) < 4.78 is 7.32. The number of hydrogen-bond acceptors (Lipinski definition) is 6. The molecule has 0 unspecified atom stereocenters. The molecule has 0 aliphatic rings. The molecule has 0 amide bonds. The van der Waals surface area contributed by atoms with E-state index in [4.69, 9.17) is 20.5 Å². The third-order valence-corrected chi connectivity index (χ3v) is 2.66. The van der Waals surface area contributed by atoms with Crippen molar-refractivity contribution in [2.24, 2.45) is 7.05 Å². The van der Waals surface area contributed by atoms with Crippen molar-refractivity contribution in [2.75, 3.05) is 5.73 Å². The van der Waals surface area contributed by atoms with Gasteiger partial charge in [0, 0.05) is 24.9 Å². The zero-order valence-corrected chi connectivity index (χ0v) is 10.7. The number of rotatable bonds is 4. The molecule has 7 nitrogen and oxygen atoms in total. The molecule has 100 valence electrons.